The van der Waals surface area contributed by atoms with E-state index in [9.17, 15) is 29.1 Å². The quantitative estimate of drug-likeness (QED) is 0.0988. The number of amides is 4. The van der Waals surface area contributed by atoms with Crippen LogP contribution in [0.25, 0.3) is 0 Å². The van der Waals surface area contributed by atoms with Crippen molar-refractivity contribution in [3.05, 3.63) is 52.6 Å². The number of nitrogens with two attached hydrogens (primary N) is 2. The highest BCUT2D eigenvalue weighted by molar-refractivity contribution is 6.05. The lowest BCUT2D eigenvalue weighted by Crippen LogP contribution is -2.54. The molecule has 1 aliphatic heterocycles. The number of rotatable bonds is 17. The van der Waals surface area contributed by atoms with Gasteiger partial charge in [-0.2, -0.15) is 0 Å². The molecule has 1 heterocycles. The van der Waals surface area contributed by atoms with Crippen LogP contribution in [0.2, 0.25) is 0 Å². The first-order chi connectivity index (χ1) is 26.8. The Labute approximate surface area is 335 Å². The van der Waals surface area contributed by atoms with E-state index >= 15 is 0 Å². The fourth-order valence-electron chi connectivity index (χ4n) is 7.61. The van der Waals surface area contributed by atoms with Gasteiger partial charge in [0.15, 0.2) is 11.6 Å². The second kappa shape index (κ2) is 17.2. The van der Waals surface area contributed by atoms with Gasteiger partial charge in [-0.25, -0.2) is 9.59 Å². The molecule has 5 rings (SSSR count). The highest BCUT2D eigenvalue weighted by Gasteiger charge is 2.60. The summed E-state index contributed by atoms with van der Waals surface area (Å²) in [5.41, 5.74) is 14.3. The van der Waals surface area contributed by atoms with E-state index in [2.05, 4.69) is 16.0 Å². The number of ether oxygens (including phenoxy) is 3. The fraction of sp³-hybridized carbons (Fsp3) is 0.634. The van der Waals surface area contributed by atoms with Crippen molar-refractivity contribution < 1.29 is 43.3 Å². The molecule has 3 aliphatic carbocycles. The molecule has 1 saturated carbocycles. The number of aliphatic hydroxyl groups is 1. The minimum atomic E-state index is -0.943. The summed E-state index contributed by atoms with van der Waals surface area (Å²) in [5, 5.41) is 19.1. The zero-order chi connectivity index (χ0) is 42.0. The standard InChI is InChI=1S/C41H61N7O9/c1-23(2)31(42)35(51)46-32(24(3)13-16-44-41(43)22-56-41)36(52)45-28-11-9-27(10-12-28)20-55-37(53)47(7)17-18-48(8)38(54)57-34-30-25(4)40(14-15-40)26(5)33(50)29(30)19-39(34,6)21-49/h9-12,19,23-24,26,31-32,34,44,49H,13-18,20-22,42-43H2,1-8H3,(H,45,52)(H,46,51)/t24-,26-,31+,32+,34?,39?,41?/m1/s1. The van der Waals surface area contributed by atoms with Crippen molar-refractivity contribution in [2.45, 2.75) is 91.4 Å². The Kier molecular flexibility index (Phi) is 13.2. The molecule has 1 aromatic carbocycles. The molecule has 4 aliphatic rings. The van der Waals surface area contributed by atoms with Gasteiger partial charge in [0.2, 0.25) is 11.8 Å². The summed E-state index contributed by atoms with van der Waals surface area (Å²) in [6, 6.07) is 5.13. The smallest absolute Gasteiger partial charge is 0.410 e. The van der Waals surface area contributed by atoms with Crippen molar-refractivity contribution in [1.29, 1.82) is 0 Å². The number of ketones is 1. The molecule has 7 atom stereocenters. The number of carbonyl (C=O) groups is 5. The molecular formula is C41H61N7O9. The lowest BCUT2D eigenvalue weighted by Gasteiger charge is -2.36. The summed E-state index contributed by atoms with van der Waals surface area (Å²) in [6.07, 6.45) is 2.07. The highest BCUT2D eigenvalue weighted by atomic mass is 16.6. The van der Waals surface area contributed by atoms with Crippen LogP contribution in [0, 0.1) is 28.6 Å². The van der Waals surface area contributed by atoms with E-state index in [4.69, 9.17) is 25.7 Å². The van der Waals surface area contributed by atoms with Gasteiger partial charge in [-0.15, -0.1) is 0 Å². The Morgan fingerprint density at radius 2 is 1.65 bits per heavy atom. The van der Waals surface area contributed by atoms with E-state index in [1.165, 1.54) is 9.80 Å². The van der Waals surface area contributed by atoms with Gasteiger partial charge in [-0.1, -0.05) is 51.5 Å². The van der Waals surface area contributed by atoms with Crippen LogP contribution in [0.1, 0.15) is 66.4 Å². The number of likely N-dealkylation sites (N-methyl/N-ethyl adjacent to an activating group) is 2. The molecule has 0 aromatic heterocycles. The van der Waals surface area contributed by atoms with E-state index in [-0.39, 0.29) is 55.3 Å². The second-order valence-electron chi connectivity index (χ2n) is 17.0. The van der Waals surface area contributed by atoms with Gasteiger partial charge < -0.3 is 45.5 Å². The SMILES string of the molecule is CC1=C2C(=CC(C)(CO)C2OC(=O)N(C)CCN(C)C(=O)OCc2ccc(NC(=O)[C@@H](NC(=O)[C@@H](N)C(C)C)[C@H](C)CCNC3(N)CO3)cc2)C(=O)[C@@H](C)C12CC2. The van der Waals surface area contributed by atoms with Crippen molar-refractivity contribution in [1.82, 2.24) is 20.4 Å². The number of carbonyl (C=O) groups excluding carboxylic acids is 5. The molecule has 16 heteroatoms. The maximum absolute atomic E-state index is 13.5. The highest BCUT2D eigenvalue weighted by Crippen LogP contribution is 2.64. The Balaban J connectivity index is 1.10. The Bertz CT molecular complexity index is 1770. The number of nitrogens with one attached hydrogen (secondary N) is 3. The zero-order valence-corrected chi connectivity index (χ0v) is 34.5. The monoisotopic (exact) mass is 795 g/mol. The second-order valence-corrected chi connectivity index (χ2v) is 17.0. The predicted octanol–water partition coefficient (Wildman–Crippen LogP) is 2.61. The molecule has 1 spiro atoms. The Morgan fingerprint density at radius 1 is 1.04 bits per heavy atom. The van der Waals surface area contributed by atoms with E-state index in [0.717, 1.165) is 18.4 Å². The van der Waals surface area contributed by atoms with E-state index in [1.54, 1.807) is 51.4 Å². The number of Topliss-reactive ketones (excluding diaryl/α,β-unsaturated/α-hetero) is 1. The number of benzene rings is 1. The summed E-state index contributed by atoms with van der Waals surface area (Å²) in [4.78, 5) is 68.5. The number of nitrogens with zero attached hydrogens (tertiary/aromatic N) is 2. The van der Waals surface area contributed by atoms with Crippen molar-refractivity contribution >= 4 is 35.5 Å². The Morgan fingerprint density at radius 3 is 2.21 bits per heavy atom. The molecule has 1 aromatic rings. The molecule has 16 nitrogen and oxygen atoms in total. The lowest BCUT2D eigenvalue weighted by atomic mass is 9.70. The van der Waals surface area contributed by atoms with Gasteiger partial charge >= 0.3 is 12.2 Å². The van der Waals surface area contributed by atoms with E-state index in [0.29, 0.717) is 42.0 Å². The third kappa shape index (κ3) is 9.69. The molecule has 57 heavy (non-hydrogen) atoms. The number of aliphatic hydroxyl groups excluding tert-OH is 1. The minimum Gasteiger partial charge on any atom is -0.445 e. The number of hydrogen-bond acceptors (Lipinski definition) is 12. The van der Waals surface area contributed by atoms with Gasteiger partial charge in [0.05, 0.1) is 18.1 Å². The summed E-state index contributed by atoms with van der Waals surface area (Å²) in [7, 11) is 3.12. The molecule has 1 saturated heterocycles. The van der Waals surface area contributed by atoms with Crippen molar-refractivity contribution in [2.24, 2.45) is 40.1 Å². The van der Waals surface area contributed by atoms with E-state index in [1.807, 2.05) is 34.6 Å². The predicted molar refractivity (Wildman–Crippen MR) is 212 cm³/mol. The summed E-state index contributed by atoms with van der Waals surface area (Å²) >= 11 is 0. The first-order valence-corrected chi connectivity index (χ1v) is 19.8. The van der Waals surface area contributed by atoms with Gasteiger partial charge in [0, 0.05) is 55.4 Å². The zero-order valence-electron chi connectivity index (χ0n) is 34.5. The van der Waals surface area contributed by atoms with Crippen LogP contribution in [0.3, 0.4) is 0 Å². The fourth-order valence-corrected chi connectivity index (χ4v) is 7.61. The van der Waals surface area contributed by atoms with Crippen molar-refractivity contribution in [2.75, 3.05) is 52.3 Å². The summed E-state index contributed by atoms with van der Waals surface area (Å²) in [6.45, 7) is 12.1. The minimum absolute atomic E-state index is 0.0293. The van der Waals surface area contributed by atoms with Crippen LogP contribution in [-0.2, 0) is 35.2 Å². The normalized spacial score (nSPS) is 25.9. The van der Waals surface area contributed by atoms with Gasteiger partial charge in [-0.05, 0) is 69.2 Å². The number of epoxide rings is 1. The first kappa shape index (κ1) is 43.8. The average Bonchev–Trinajstić information content (AvgIpc) is 4.11. The van der Waals surface area contributed by atoms with E-state index < -0.39 is 53.5 Å². The summed E-state index contributed by atoms with van der Waals surface area (Å²) in [5.74, 6) is -2.17. The van der Waals surface area contributed by atoms with Crippen LogP contribution in [0.5, 0.6) is 0 Å². The first-order valence-electron chi connectivity index (χ1n) is 19.8. The molecular weight excluding hydrogens is 734 g/mol. The molecule has 314 valence electrons. The lowest BCUT2D eigenvalue weighted by molar-refractivity contribution is -0.129. The molecule has 2 fully saturated rings. The van der Waals surface area contributed by atoms with Crippen LogP contribution < -0.4 is 27.4 Å². The third-order valence-electron chi connectivity index (χ3n) is 12.2. The molecule has 4 amide bonds. The number of allylic oxidation sites excluding steroid dienone is 1. The number of fused-ring (bicyclic) bond motifs is 1. The average molecular weight is 796 g/mol. The number of anilines is 1. The Hall–Kier alpha value is -4.35. The van der Waals surface area contributed by atoms with Gasteiger partial charge in [0.25, 0.3) is 0 Å². The maximum atomic E-state index is 13.5. The topological polar surface area (TPSA) is 231 Å². The molecule has 8 N–H and O–H groups in total. The molecule has 3 unspecified atom stereocenters. The van der Waals surface area contributed by atoms with Gasteiger partial charge in [0.1, 0.15) is 25.4 Å². The largest absolute Gasteiger partial charge is 0.445 e. The molecule has 0 bridgehead atoms. The van der Waals surface area contributed by atoms with Crippen LogP contribution in [-0.4, -0.2) is 116 Å². The maximum Gasteiger partial charge on any atom is 0.410 e. The molecule has 0 radical (unpaired) electrons. The number of hydrogen-bond donors (Lipinski definition) is 6. The van der Waals surface area contributed by atoms with Crippen molar-refractivity contribution in [3.63, 3.8) is 0 Å². The van der Waals surface area contributed by atoms with Crippen LogP contribution >= 0.6 is 0 Å². The third-order valence-corrected chi connectivity index (χ3v) is 12.2. The van der Waals surface area contributed by atoms with Crippen LogP contribution in [0.15, 0.2) is 47.1 Å². The van der Waals surface area contributed by atoms with Crippen LogP contribution in [0.4, 0.5) is 15.3 Å². The van der Waals surface area contributed by atoms with Crippen molar-refractivity contribution in [3.8, 4) is 0 Å². The summed E-state index contributed by atoms with van der Waals surface area (Å²) < 4.78 is 16.7. The van der Waals surface area contributed by atoms with Gasteiger partial charge in [-0.3, -0.25) is 25.4 Å².